The van der Waals surface area contributed by atoms with Crippen LogP contribution < -0.4 is 15.2 Å². The van der Waals surface area contributed by atoms with Crippen LogP contribution in [0.5, 0.6) is 5.75 Å². The number of phenolic OH excluding ortho intramolecular Hbond substituents is 1. The summed E-state index contributed by atoms with van der Waals surface area (Å²) in [5.41, 5.74) is 1.76. The molecule has 24 heavy (non-hydrogen) atoms. The average molecular weight is 338 g/mol. The molecule has 0 aliphatic carbocycles. The highest BCUT2D eigenvalue weighted by atomic mass is 32.1. The molecule has 0 atom stereocenters. The predicted molar refractivity (Wildman–Crippen MR) is 101 cm³/mol. The van der Waals surface area contributed by atoms with Gasteiger partial charge in [0.05, 0.1) is 11.4 Å². The Morgan fingerprint density at radius 3 is 2.21 bits per heavy atom. The maximum atomic E-state index is 12.7. The number of hydrogen-bond donors (Lipinski definition) is 1. The molecule has 2 aromatic carbocycles. The highest BCUT2D eigenvalue weighted by Gasteiger charge is 2.21. The summed E-state index contributed by atoms with van der Waals surface area (Å²) >= 11 is 1.62. The summed E-state index contributed by atoms with van der Waals surface area (Å²) in [5.74, 6) is 0.309. The van der Waals surface area contributed by atoms with Crippen molar-refractivity contribution in [2.45, 2.75) is 0 Å². The topological polar surface area (TPSA) is 43.8 Å². The standard InChI is InChI=1S/C19H18N2O2S/c22-17-7-3-2-6-15(17)20-9-11-21(12-10-20)16-13-24-18-8-4-1-5-14(18)19(16)23/h1-8,13,22H,9-12H2. The van der Waals surface area contributed by atoms with Crippen molar-refractivity contribution in [3.05, 3.63) is 64.1 Å². The molecule has 1 aromatic heterocycles. The Balaban J connectivity index is 1.57. The van der Waals surface area contributed by atoms with Crippen LogP contribution in [0.2, 0.25) is 0 Å². The number of hydrogen-bond acceptors (Lipinski definition) is 5. The third-order valence-electron chi connectivity index (χ3n) is 4.50. The van der Waals surface area contributed by atoms with Gasteiger partial charge in [-0.15, -0.1) is 11.3 Å². The van der Waals surface area contributed by atoms with Gasteiger partial charge in [-0.25, -0.2) is 0 Å². The van der Waals surface area contributed by atoms with Gasteiger partial charge in [-0.05, 0) is 24.3 Å². The summed E-state index contributed by atoms with van der Waals surface area (Å²) in [5, 5.41) is 12.8. The van der Waals surface area contributed by atoms with Gasteiger partial charge in [0.15, 0.2) is 0 Å². The number of rotatable bonds is 2. The van der Waals surface area contributed by atoms with Crippen molar-refractivity contribution in [1.82, 2.24) is 0 Å². The SMILES string of the molecule is O=c1c(N2CCN(c3ccccc3O)CC2)csc2ccccc12. The van der Waals surface area contributed by atoms with Gasteiger partial charge in [-0.3, -0.25) is 4.79 Å². The van der Waals surface area contributed by atoms with E-state index in [1.54, 1.807) is 17.4 Å². The lowest BCUT2D eigenvalue weighted by atomic mass is 10.2. The molecule has 4 rings (SSSR count). The minimum absolute atomic E-state index is 0.111. The molecule has 0 bridgehead atoms. The molecule has 3 aromatic rings. The Morgan fingerprint density at radius 1 is 0.833 bits per heavy atom. The smallest absolute Gasteiger partial charge is 0.211 e. The second-order valence-electron chi connectivity index (χ2n) is 5.91. The molecular formula is C19H18N2O2S. The first kappa shape index (κ1) is 15.0. The third kappa shape index (κ3) is 2.61. The molecule has 5 heteroatoms. The van der Waals surface area contributed by atoms with Crippen LogP contribution in [0.25, 0.3) is 10.1 Å². The molecule has 0 saturated carbocycles. The van der Waals surface area contributed by atoms with Crippen LogP contribution in [0, 0.1) is 0 Å². The molecule has 0 radical (unpaired) electrons. The number of aromatic hydroxyl groups is 1. The maximum absolute atomic E-state index is 12.7. The minimum atomic E-state index is 0.111. The first-order chi connectivity index (χ1) is 11.7. The number of fused-ring (bicyclic) bond motifs is 1. The predicted octanol–water partition coefficient (Wildman–Crippen LogP) is 3.29. The van der Waals surface area contributed by atoms with Crippen LogP contribution in [0.4, 0.5) is 11.4 Å². The van der Waals surface area contributed by atoms with Crippen molar-refractivity contribution in [2.75, 3.05) is 36.0 Å². The summed E-state index contributed by atoms with van der Waals surface area (Å²) in [6, 6.07) is 15.2. The third-order valence-corrected chi connectivity index (χ3v) is 5.46. The Bertz CT molecular complexity index is 930. The van der Waals surface area contributed by atoms with Crippen LogP contribution in [0.15, 0.2) is 58.7 Å². The number of benzene rings is 2. The Labute approximate surface area is 144 Å². The van der Waals surface area contributed by atoms with Crippen molar-refractivity contribution in [3.8, 4) is 5.75 Å². The summed E-state index contributed by atoms with van der Waals surface area (Å²) < 4.78 is 1.03. The second-order valence-corrected chi connectivity index (χ2v) is 6.82. The lowest BCUT2D eigenvalue weighted by Crippen LogP contribution is -2.47. The number of phenols is 1. The molecule has 1 saturated heterocycles. The summed E-state index contributed by atoms with van der Waals surface area (Å²) in [4.78, 5) is 17.1. The molecule has 0 spiro atoms. The highest BCUT2D eigenvalue weighted by molar-refractivity contribution is 7.16. The van der Waals surface area contributed by atoms with Gasteiger partial charge >= 0.3 is 0 Å². The second kappa shape index (κ2) is 6.17. The largest absolute Gasteiger partial charge is 0.506 e. The van der Waals surface area contributed by atoms with E-state index in [4.69, 9.17) is 0 Å². The first-order valence-corrected chi connectivity index (χ1v) is 8.90. The van der Waals surface area contributed by atoms with Gasteiger partial charge in [0.25, 0.3) is 0 Å². The van der Waals surface area contributed by atoms with Gasteiger partial charge in [-0.2, -0.15) is 0 Å². The van der Waals surface area contributed by atoms with Gasteiger partial charge in [-0.1, -0.05) is 24.3 Å². The van der Waals surface area contributed by atoms with Crippen LogP contribution in [-0.4, -0.2) is 31.3 Å². The number of anilines is 2. The first-order valence-electron chi connectivity index (χ1n) is 8.02. The van der Waals surface area contributed by atoms with Crippen molar-refractivity contribution in [3.63, 3.8) is 0 Å². The molecule has 1 fully saturated rings. The molecule has 1 aliphatic heterocycles. The molecule has 4 nitrogen and oxygen atoms in total. The van der Waals surface area contributed by atoms with E-state index in [0.717, 1.165) is 47.6 Å². The van der Waals surface area contributed by atoms with Crippen molar-refractivity contribution in [1.29, 1.82) is 0 Å². The van der Waals surface area contributed by atoms with E-state index in [2.05, 4.69) is 9.80 Å². The molecule has 1 N–H and O–H groups in total. The fourth-order valence-electron chi connectivity index (χ4n) is 3.21. The zero-order valence-electron chi connectivity index (χ0n) is 13.2. The van der Waals surface area contributed by atoms with Crippen LogP contribution in [0.3, 0.4) is 0 Å². The van der Waals surface area contributed by atoms with E-state index < -0.39 is 0 Å². The van der Waals surface area contributed by atoms with Gasteiger partial charge < -0.3 is 14.9 Å². The monoisotopic (exact) mass is 338 g/mol. The van der Waals surface area contributed by atoms with E-state index in [0.29, 0.717) is 5.75 Å². The maximum Gasteiger partial charge on any atom is 0.211 e. The highest BCUT2D eigenvalue weighted by Crippen LogP contribution is 2.28. The van der Waals surface area contributed by atoms with Gasteiger partial charge in [0.2, 0.25) is 5.43 Å². The lowest BCUT2D eigenvalue weighted by Gasteiger charge is -2.37. The molecule has 0 unspecified atom stereocenters. The van der Waals surface area contributed by atoms with Gasteiger partial charge in [0.1, 0.15) is 5.75 Å². The summed E-state index contributed by atoms with van der Waals surface area (Å²) in [7, 11) is 0. The van der Waals surface area contributed by atoms with Gasteiger partial charge in [0, 0.05) is 41.6 Å². The van der Waals surface area contributed by atoms with Crippen LogP contribution >= 0.6 is 11.3 Å². The van der Waals surface area contributed by atoms with Crippen molar-refractivity contribution in [2.24, 2.45) is 0 Å². The number of para-hydroxylation sites is 2. The van der Waals surface area contributed by atoms with Crippen molar-refractivity contribution >= 4 is 32.8 Å². The quantitative estimate of drug-likeness (QED) is 0.779. The molecule has 1 aliphatic rings. The molecule has 0 amide bonds. The fourth-order valence-corrected chi connectivity index (χ4v) is 4.15. The molecule has 122 valence electrons. The van der Waals surface area contributed by atoms with E-state index in [1.165, 1.54) is 0 Å². The average Bonchev–Trinajstić information content (AvgIpc) is 2.63. The molecule has 2 heterocycles. The number of piperazine rings is 1. The Kier molecular flexibility index (Phi) is 3.86. The van der Waals surface area contributed by atoms with Crippen molar-refractivity contribution < 1.29 is 5.11 Å². The minimum Gasteiger partial charge on any atom is -0.506 e. The van der Waals surface area contributed by atoms with E-state index in [-0.39, 0.29) is 5.43 Å². The summed E-state index contributed by atoms with van der Waals surface area (Å²) in [6.45, 7) is 3.12. The zero-order chi connectivity index (χ0) is 16.5. The number of nitrogens with zero attached hydrogens (tertiary/aromatic N) is 2. The Morgan fingerprint density at radius 2 is 1.46 bits per heavy atom. The summed E-state index contributed by atoms with van der Waals surface area (Å²) in [6.07, 6.45) is 0. The Hall–Kier alpha value is -2.53. The van der Waals surface area contributed by atoms with E-state index in [1.807, 2.05) is 47.8 Å². The van der Waals surface area contributed by atoms with E-state index >= 15 is 0 Å². The van der Waals surface area contributed by atoms with E-state index in [9.17, 15) is 9.90 Å². The molecular weight excluding hydrogens is 320 g/mol. The van der Waals surface area contributed by atoms with Crippen LogP contribution in [-0.2, 0) is 0 Å². The lowest BCUT2D eigenvalue weighted by molar-refractivity contribution is 0.472. The van der Waals surface area contributed by atoms with Crippen LogP contribution in [0.1, 0.15) is 0 Å². The fraction of sp³-hybridized carbons (Fsp3) is 0.211. The normalized spacial score (nSPS) is 15.0. The zero-order valence-corrected chi connectivity index (χ0v) is 14.0.